The second-order valence-corrected chi connectivity index (χ2v) is 12.0. The second-order valence-electron chi connectivity index (χ2n) is 12.0. The maximum Gasteiger partial charge on any atom is 0.426 e. The van der Waals surface area contributed by atoms with Crippen LogP contribution in [0.1, 0.15) is 75.8 Å². The van der Waals surface area contributed by atoms with Crippen LogP contribution in [0, 0.1) is 17.3 Å². The van der Waals surface area contributed by atoms with Gasteiger partial charge in [-0.15, -0.1) is 0 Å². The van der Waals surface area contributed by atoms with Crippen molar-refractivity contribution in [2.45, 2.75) is 95.2 Å². The highest BCUT2D eigenvalue weighted by Crippen LogP contribution is 2.61. The van der Waals surface area contributed by atoms with Crippen molar-refractivity contribution in [2.75, 3.05) is 33.4 Å². The number of phenolic OH excluding ortho intramolecular Hbond substituents is 1. The first-order chi connectivity index (χ1) is 18.2. The maximum absolute atomic E-state index is 13.4. The molecule has 5 atom stereocenters. The number of ether oxygens (including phenoxy) is 2. The van der Waals surface area contributed by atoms with Crippen LogP contribution < -0.4 is 0 Å². The average Bonchev–Trinajstić information content (AvgIpc) is 3.18. The van der Waals surface area contributed by atoms with Crippen molar-refractivity contribution in [1.29, 1.82) is 0 Å². The van der Waals surface area contributed by atoms with Crippen molar-refractivity contribution < 1.29 is 40.9 Å². The van der Waals surface area contributed by atoms with E-state index in [9.17, 15) is 31.4 Å². The van der Waals surface area contributed by atoms with Gasteiger partial charge in [-0.1, -0.05) is 26.3 Å². The Hall–Kier alpha value is -1.52. The SMILES string of the molecule is CCCC(OCCN(C)CCO[C@H]1CCC2C3CCc4cc(O)ccc4C3CC[C@@]21C)(C(F)(F)F)C(F)(F)F. The molecule has 2 fully saturated rings. The van der Waals surface area contributed by atoms with E-state index < -0.39 is 31.0 Å². The Morgan fingerprint density at radius 1 is 1.00 bits per heavy atom. The molecule has 0 aromatic heterocycles. The second kappa shape index (κ2) is 11.4. The molecule has 1 N–H and O–H groups in total. The number of alkyl halides is 6. The summed E-state index contributed by atoms with van der Waals surface area (Å²) in [4.78, 5) is 1.66. The molecule has 0 heterocycles. The molecule has 0 spiro atoms. The number of likely N-dealkylation sites (N-methyl/N-ethyl adjacent to an activating group) is 1. The Kier molecular flexibility index (Phi) is 8.89. The van der Waals surface area contributed by atoms with Crippen LogP contribution in [-0.2, 0) is 15.9 Å². The number of phenols is 1. The highest BCUT2D eigenvalue weighted by atomic mass is 19.4. The molecule has 0 saturated heterocycles. The summed E-state index contributed by atoms with van der Waals surface area (Å²) in [6.07, 6.45) is -6.23. The van der Waals surface area contributed by atoms with Crippen molar-refractivity contribution in [2.24, 2.45) is 17.3 Å². The van der Waals surface area contributed by atoms with Gasteiger partial charge in [0.2, 0.25) is 0 Å². The predicted molar refractivity (Wildman–Crippen MR) is 136 cm³/mol. The monoisotopic (exact) mass is 565 g/mol. The summed E-state index contributed by atoms with van der Waals surface area (Å²) >= 11 is 0. The number of hydrogen-bond donors (Lipinski definition) is 1. The van der Waals surface area contributed by atoms with Crippen LogP contribution in [0.4, 0.5) is 26.3 Å². The Labute approximate surface area is 227 Å². The van der Waals surface area contributed by atoms with E-state index in [1.807, 2.05) is 6.07 Å². The molecule has 1 aromatic rings. The van der Waals surface area contributed by atoms with Gasteiger partial charge in [0.05, 0.1) is 19.3 Å². The smallest absolute Gasteiger partial charge is 0.426 e. The number of hydrogen-bond acceptors (Lipinski definition) is 4. The van der Waals surface area contributed by atoms with E-state index in [-0.39, 0.29) is 24.5 Å². The van der Waals surface area contributed by atoms with E-state index in [0.717, 1.165) is 38.5 Å². The minimum Gasteiger partial charge on any atom is -0.508 e. The molecule has 0 radical (unpaired) electrons. The molecular formula is C29H41F6NO3. The van der Waals surface area contributed by atoms with Crippen LogP contribution >= 0.6 is 0 Å². The fraction of sp³-hybridized carbons (Fsp3) is 0.793. The van der Waals surface area contributed by atoms with Crippen LogP contribution in [0.3, 0.4) is 0 Å². The van der Waals surface area contributed by atoms with Crippen LogP contribution in [0.15, 0.2) is 18.2 Å². The summed E-state index contributed by atoms with van der Waals surface area (Å²) in [5.41, 5.74) is -1.46. The molecule has 3 aliphatic carbocycles. The quantitative estimate of drug-likeness (QED) is 0.304. The van der Waals surface area contributed by atoms with Gasteiger partial charge in [0.1, 0.15) is 5.75 Å². The third-order valence-corrected chi connectivity index (χ3v) is 9.75. The highest BCUT2D eigenvalue weighted by molar-refractivity contribution is 5.40. The summed E-state index contributed by atoms with van der Waals surface area (Å²) in [5.74, 6) is 1.95. The van der Waals surface area contributed by atoms with Crippen LogP contribution in [0.5, 0.6) is 5.75 Å². The van der Waals surface area contributed by atoms with Crippen molar-refractivity contribution in [3.8, 4) is 5.75 Å². The van der Waals surface area contributed by atoms with Gasteiger partial charge in [-0.3, -0.25) is 0 Å². The molecule has 0 amide bonds. The summed E-state index contributed by atoms with van der Waals surface area (Å²) in [6.45, 7) is 3.60. The summed E-state index contributed by atoms with van der Waals surface area (Å²) in [5, 5.41) is 9.88. The van der Waals surface area contributed by atoms with E-state index >= 15 is 0 Å². The number of rotatable bonds is 10. The molecule has 2 saturated carbocycles. The van der Waals surface area contributed by atoms with E-state index in [0.29, 0.717) is 36.7 Å². The van der Waals surface area contributed by atoms with Crippen LogP contribution in [0.25, 0.3) is 0 Å². The van der Waals surface area contributed by atoms with Gasteiger partial charge in [0, 0.05) is 13.1 Å². The Balaban J connectivity index is 1.28. The first kappa shape index (κ1) is 30.4. The summed E-state index contributed by atoms with van der Waals surface area (Å²) in [6, 6.07) is 5.77. The lowest BCUT2D eigenvalue weighted by Crippen LogP contribution is -2.59. The fourth-order valence-corrected chi connectivity index (χ4v) is 7.66. The standard InChI is InChI=1S/C29H41F6NO3/c1-4-12-27(28(30,31)32,29(33,34)35)39-17-15-36(3)14-16-38-25-10-9-24-23-7-5-19-18-20(37)6-8-21(19)22(23)11-13-26(24,25)2/h6,8,18,22-25,37H,4-5,7,9-17H2,1-3H3/t22?,23?,24?,25-,26-/m0/s1. The topological polar surface area (TPSA) is 41.9 Å². The van der Waals surface area contributed by atoms with Gasteiger partial charge >= 0.3 is 12.4 Å². The first-order valence-corrected chi connectivity index (χ1v) is 14.1. The normalized spacial score (nSPS) is 29.3. The molecule has 0 bridgehead atoms. The molecule has 222 valence electrons. The molecule has 4 nitrogen and oxygen atoms in total. The Bertz CT molecular complexity index is 969. The third-order valence-electron chi connectivity index (χ3n) is 9.75. The lowest BCUT2D eigenvalue weighted by molar-refractivity contribution is -0.383. The number of aryl methyl sites for hydroxylation is 1. The molecule has 39 heavy (non-hydrogen) atoms. The molecule has 3 unspecified atom stereocenters. The lowest BCUT2D eigenvalue weighted by atomic mass is 9.55. The van der Waals surface area contributed by atoms with Crippen molar-refractivity contribution in [3.63, 3.8) is 0 Å². The van der Waals surface area contributed by atoms with Crippen molar-refractivity contribution in [1.82, 2.24) is 4.90 Å². The predicted octanol–water partition coefficient (Wildman–Crippen LogP) is 7.25. The largest absolute Gasteiger partial charge is 0.508 e. The van der Waals surface area contributed by atoms with Gasteiger partial charge in [-0.05, 0) is 98.4 Å². The molecule has 1 aromatic carbocycles. The van der Waals surface area contributed by atoms with E-state index in [1.165, 1.54) is 18.1 Å². The minimum atomic E-state index is -5.54. The molecule has 10 heteroatoms. The number of halogens is 6. The maximum atomic E-state index is 13.4. The van der Waals surface area contributed by atoms with Crippen LogP contribution in [-0.4, -0.2) is 67.4 Å². The van der Waals surface area contributed by atoms with Gasteiger partial charge in [-0.25, -0.2) is 0 Å². The molecular weight excluding hydrogens is 524 g/mol. The van der Waals surface area contributed by atoms with E-state index in [4.69, 9.17) is 4.74 Å². The average molecular weight is 566 g/mol. The van der Waals surface area contributed by atoms with Crippen LogP contribution in [0.2, 0.25) is 0 Å². The molecule has 4 rings (SSSR count). The molecule has 3 aliphatic rings. The first-order valence-electron chi connectivity index (χ1n) is 14.1. The van der Waals surface area contributed by atoms with Gasteiger partial charge < -0.3 is 19.5 Å². The van der Waals surface area contributed by atoms with Gasteiger partial charge in [-0.2, -0.15) is 26.3 Å². The van der Waals surface area contributed by atoms with E-state index in [1.54, 1.807) is 18.0 Å². The molecule has 0 aliphatic heterocycles. The zero-order valence-electron chi connectivity index (χ0n) is 23.0. The summed E-state index contributed by atoms with van der Waals surface area (Å²) < 4.78 is 91.5. The fourth-order valence-electron chi connectivity index (χ4n) is 7.66. The van der Waals surface area contributed by atoms with Crippen molar-refractivity contribution in [3.05, 3.63) is 29.3 Å². The van der Waals surface area contributed by atoms with Crippen molar-refractivity contribution >= 4 is 0 Å². The number of aromatic hydroxyl groups is 1. The van der Waals surface area contributed by atoms with Gasteiger partial charge in [0.15, 0.2) is 0 Å². The van der Waals surface area contributed by atoms with E-state index in [2.05, 4.69) is 17.7 Å². The minimum absolute atomic E-state index is 0.0520. The number of fused-ring (bicyclic) bond motifs is 5. The lowest BCUT2D eigenvalue weighted by Gasteiger charge is -2.50. The zero-order valence-corrected chi connectivity index (χ0v) is 23.0. The summed E-state index contributed by atoms with van der Waals surface area (Å²) in [7, 11) is 1.65. The third kappa shape index (κ3) is 5.80. The highest BCUT2D eigenvalue weighted by Gasteiger charge is 2.71. The van der Waals surface area contributed by atoms with Gasteiger partial charge in [0.25, 0.3) is 5.60 Å². The number of nitrogens with zero attached hydrogens (tertiary/aromatic N) is 1. The zero-order chi connectivity index (χ0) is 28.6. The number of benzene rings is 1. The Morgan fingerprint density at radius 2 is 1.69 bits per heavy atom. The Morgan fingerprint density at radius 3 is 2.36 bits per heavy atom.